The van der Waals surface area contributed by atoms with Gasteiger partial charge in [0.15, 0.2) is 0 Å². The lowest BCUT2D eigenvalue weighted by Gasteiger charge is -2.10. The van der Waals surface area contributed by atoms with Crippen molar-refractivity contribution in [3.63, 3.8) is 0 Å². The van der Waals surface area contributed by atoms with Crippen molar-refractivity contribution < 1.29 is 9.90 Å². The van der Waals surface area contributed by atoms with Crippen molar-refractivity contribution in [2.24, 2.45) is 0 Å². The highest BCUT2D eigenvalue weighted by Gasteiger charge is 2.12. The van der Waals surface area contributed by atoms with E-state index in [0.717, 1.165) is 68.1 Å². The van der Waals surface area contributed by atoms with Crippen molar-refractivity contribution in [2.45, 2.75) is 58.9 Å². The molecule has 3 aromatic rings. The second-order valence-corrected chi connectivity index (χ2v) is 7.27. The summed E-state index contributed by atoms with van der Waals surface area (Å²) in [6, 6.07) is 13.8. The second kappa shape index (κ2) is 9.96. The zero-order valence-corrected chi connectivity index (χ0v) is 17.1. The summed E-state index contributed by atoms with van der Waals surface area (Å²) < 4.78 is 2.25. The van der Waals surface area contributed by atoms with Gasteiger partial charge in [0, 0.05) is 30.8 Å². The van der Waals surface area contributed by atoms with Crippen LogP contribution in [0.3, 0.4) is 0 Å². The van der Waals surface area contributed by atoms with Crippen molar-refractivity contribution >= 4 is 5.97 Å². The molecule has 29 heavy (non-hydrogen) atoms. The first kappa shape index (κ1) is 20.7. The van der Waals surface area contributed by atoms with Gasteiger partial charge in [0.1, 0.15) is 11.6 Å². The lowest BCUT2D eigenvalue weighted by molar-refractivity contribution is 0.0696. The van der Waals surface area contributed by atoms with Crippen LogP contribution in [0.15, 0.2) is 42.5 Å². The third-order valence-corrected chi connectivity index (χ3v) is 5.00. The van der Waals surface area contributed by atoms with E-state index in [0.29, 0.717) is 5.56 Å². The van der Waals surface area contributed by atoms with Gasteiger partial charge in [-0.25, -0.2) is 4.79 Å². The predicted molar refractivity (Wildman–Crippen MR) is 112 cm³/mol. The molecule has 0 spiro atoms. The van der Waals surface area contributed by atoms with Crippen LogP contribution in [-0.2, 0) is 32.2 Å². The van der Waals surface area contributed by atoms with Crippen LogP contribution in [0.1, 0.15) is 58.7 Å². The molecule has 0 aliphatic carbocycles. The Labute approximate surface area is 171 Å². The molecule has 2 heterocycles. The number of carbonyl (C=O) groups is 1. The van der Waals surface area contributed by atoms with Crippen molar-refractivity contribution in [1.82, 2.24) is 19.7 Å². The van der Waals surface area contributed by atoms with E-state index in [9.17, 15) is 9.90 Å². The average molecular weight is 393 g/mol. The minimum absolute atomic E-state index is 0.296. The number of rotatable bonds is 10. The first-order valence-corrected chi connectivity index (χ1v) is 10.2. The summed E-state index contributed by atoms with van der Waals surface area (Å²) in [6.07, 6.45) is 5.32. The third-order valence-electron chi connectivity index (χ3n) is 5.00. The Morgan fingerprint density at radius 1 is 1.00 bits per heavy atom. The van der Waals surface area contributed by atoms with Crippen LogP contribution in [0.25, 0.3) is 0 Å². The number of hydrogen-bond acceptors (Lipinski definition) is 4. The number of benzene rings is 1. The number of carboxylic acid groups (broad SMARTS) is 1. The number of hydrogen-bond donors (Lipinski definition) is 1. The van der Waals surface area contributed by atoms with Gasteiger partial charge in [-0.1, -0.05) is 37.3 Å². The predicted octanol–water partition coefficient (Wildman–Crippen LogP) is 4.05. The molecule has 0 fully saturated rings. The van der Waals surface area contributed by atoms with E-state index in [2.05, 4.69) is 50.9 Å². The largest absolute Gasteiger partial charge is 0.478 e. The van der Waals surface area contributed by atoms with Gasteiger partial charge >= 0.3 is 5.97 Å². The van der Waals surface area contributed by atoms with E-state index in [1.54, 1.807) is 12.1 Å². The standard InChI is InChI=1S/C23H28N4O2/c1-3-21-25-26-22(27(21)14-8-11-18-9-5-4-6-10-18)13-7-12-20-16-19(23(28)29)15-17(2)24-20/h4-6,9-10,15-16H,3,7-8,11-14H2,1-2H3,(H,28,29). The fourth-order valence-electron chi connectivity index (χ4n) is 3.58. The maximum Gasteiger partial charge on any atom is 0.335 e. The van der Waals surface area contributed by atoms with E-state index >= 15 is 0 Å². The van der Waals surface area contributed by atoms with Crippen molar-refractivity contribution in [3.8, 4) is 0 Å². The fraction of sp³-hybridized carbons (Fsp3) is 0.391. The topological polar surface area (TPSA) is 80.9 Å². The number of carboxylic acids is 1. The first-order chi connectivity index (χ1) is 14.1. The van der Waals surface area contributed by atoms with Crippen LogP contribution in [0.4, 0.5) is 0 Å². The number of aryl methyl sites for hydroxylation is 5. The molecule has 0 radical (unpaired) electrons. The Bertz CT molecular complexity index is 951. The normalized spacial score (nSPS) is 11.0. The Kier molecular flexibility index (Phi) is 7.11. The monoisotopic (exact) mass is 392 g/mol. The summed E-state index contributed by atoms with van der Waals surface area (Å²) in [7, 11) is 0. The average Bonchev–Trinajstić information content (AvgIpc) is 3.10. The van der Waals surface area contributed by atoms with Gasteiger partial charge in [0.05, 0.1) is 5.56 Å². The van der Waals surface area contributed by atoms with Crippen LogP contribution in [0, 0.1) is 6.92 Å². The number of nitrogens with zero attached hydrogens (tertiary/aromatic N) is 4. The summed E-state index contributed by atoms with van der Waals surface area (Å²) in [5.41, 5.74) is 3.19. The fourth-order valence-corrected chi connectivity index (χ4v) is 3.58. The van der Waals surface area contributed by atoms with Gasteiger partial charge in [-0.3, -0.25) is 4.98 Å². The first-order valence-electron chi connectivity index (χ1n) is 10.2. The van der Waals surface area contributed by atoms with Crippen LogP contribution in [0.5, 0.6) is 0 Å². The quantitative estimate of drug-likeness (QED) is 0.563. The van der Waals surface area contributed by atoms with E-state index < -0.39 is 5.97 Å². The van der Waals surface area contributed by atoms with Gasteiger partial charge in [-0.05, 0) is 50.3 Å². The zero-order chi connectivity index (χ0) is 20.6. The molecule has 0 saturated carbocycles. The van der Waals surface area contributed by atoms with Gasteiger partial charge in [-0.15, -0.1) is 10.2 Å². The third kappa shape index (κ3) is 5.73. The van der Waals surface area contributed by atoms with Crippen molar-refractivity contribution in [1.29, 1.82) is 0 Å². The van der Waals surface area contributed by atoms with Crippen LogP contribution in [-0.4, -0.2) is 30.8 Å². The molecule has 0 bridgehead atoms. The Hall–Kier alpha value is -3.02. The summed E-state index contributed by atoms with van der Waals surface area (Å²) in [6.45, 7) is 4.84. The molecule has 152 valence electrons. The summed E-state index contributed by atoms with van der Waals surface area (Å²) in [5, 5.41) is 18.0. The number of aromatic nitrogens is 4. The second-order valence-electron chi connectivity index (χ2n) is 7.27. The van der Waals surface area contributed by atoms with E-state index in [1.807, 2.05) is 13.0 Å². The molecule has 0 saturated heterocycles. The molecule has 0 amide bonds. The van der Waals surface area contributed by atoms with Crippen molar-refractivity contribution in [2.75, 3.05) is 0 Å². The van der Waals surface area contributed by atoms with Crippen molar-refractivity contribution in [3.05, 3.63) is 76.6 Å². The van der Waals surface area contributed by atoms with E-state index in [-0.39, 0.29) is 0 Å². The molecule has 0 atom stereocenters. The molecule has 1 N–H and O–H groups in total. The minimum atomic E-state index is -0.914. The molecule has 3 rings (SSSR count). The Morgan fingerprint density at radius 3 is 2.48 bits per heavy atom. The molecule has 1 aromatic carbocycles. The summed E-state index contributed by atoms with van der Waals surface area (Å²) >= 11 is 0. The van der Waals surface area contributed by atoms with Gasteiger partial charge < -0.3 is 9.67 Å². The lowest BCUT2D eigenvalue weighted by atomic mass is 10.1. The maximum atomic E-state index is 11.2. The number of pyridine rings is 1. The summed E-state index contributed by atoms with van der Waals surface area (Å²) in [5.74, 6) is 1.11. The highest BCUT2D eigenvalue weighted by molar-refractivity contribution is 5.87. The van der Waals surface area contributed by atoms with Crippen LogP contribution < -0.4 is 0 Å². The van der Waals surface area contributed by atoms with E-state index in [4.69, 9.17) is 0 Å². The molecule has 0 aliphatic rings. The minimum Gasteiger partial charge on any atom is -0.478 e. The van der Waals surface area contributed by atoms with E-state index in [1.165, 1.54) is 5.56 Å². The Morgan fingerprint density at radius 2 is 1.76 bits per heavy atom. The maximum absolute atomic E-state index is 11.2. The van der Waals surface area contributed by atoms with Crippen LogP contribution >= 0.6 is 0 Å². The Balaban J connectivity index is 1.59. The molecule has 2 aromatic heterocycles. The molecule has 6 heteroatoms. The highest BCUT2D eigenvalue weighted by atomic mass is 16.4. The number of aromatic carboxylic acids is 1. The molecule has 0 aliphatic heterocycles. The smallest absolute Gasteiger partial charge is 0.335 e. The molecular weight excluding hydrogens is 364 g/mol. The van der Waals surface area contributed by atoms with Gasteiger partial charge in [0.25, 0.3) is 0 Å². The molecule has 6 nitrogen and oxygen atoms in total. The molecule has 0 unspecified atom stereocenters. The van der Waals surface area contributed by atoms with Gasteiger partial charge in [-0.2, -0.15) is 0 Å². The zero-order valence-electron chi connectivity index (χ0n) is 17.1. The molecular formula is C23H28N4O2. The summed E-state index contributed by atoms with van der Waals surface area (Å²) in [4.78, 5) is 15.7. The van der Waals surface area contributed by atoms with Gasteiger partial charge in [0.2, 0.25) is 0 Å². The SMILES string of the molecule is CCc1nnc(CCCc2cc(C(=O)O)cc(C)n2)n1CCCc1ccccc1. The highest BCUT2D eigenvalue weighted by Crippen LogP contribution is 2.13. The lowest BCUT2D eigenvalue weighted by Crippen LogP contribution is -2.09. The van der Waals surface area contributed by atoms with Crippen LogP contribution in [0.2, 0.25) is 0 Å².